The van der Waals surface area contributed by atoms with Crippen LogP contribution in [0.25, 0.3) is 0 Å². The van der Waals surface area contributed by atoms with E-state index >= 15 is 0 Å². The smallest absolute Gasteiger partial charge is 0.128 e. The highest BCUT2D eigenvalue weighted by molar-refractivity contribution is 5.47. The average molecular weight is 265 g/mol. The molecule has 0 heterocycles. The maximum atomic E-state index is 10.7. The fraction of sp³-hybridized carbons (Fsp3) is 0.625. The third-order valence-corrected chi connectivity index (χ3v) is 3.63. The van der Waals surface area contributed by atoms with Crippen molar-refractivity contribution in [1.82, 2.24) is 5.32 Å². The molecule has 0 fully saturated rings. The molecule has 0 radical (unpaired) electrons. The van der Waals surface area contributed by atoms with Crippen LogP contribution in [0.15, 0.2) is 12.1 Å². The molecule has 0 aliphatic heterocycles. The van der Waals surface area contributed by atoms with Gasteiger partial charge in [-0.1, -0.05) is 26.0 Å². The number of aliphatic hydroxyl groups is 1. The van der Waals surface area contributed by atoms with Gasteiger partial charge in [0.25, 0.3) is 0 Å². The first kappa shape index (κ1) is 16.0. The molecule has 0 spiro atoms. The molecule has 19 heavy (non-hydrogen) atoms. The zero-order chi connectivity index (χ0) is 14.6. The Kier molecular flexibility index (Phi) is 5.39. The van der Waals surface area contributed by atoms with Crippen LogP contribution >= 0.6 is 0 Å². The van der Waals surface area contributed by atoms with E-state index in [-0.39, 0.29) is 0 Å². The molecule has 0 saturated heterocycles. The molecule has 1 aromatic rings. The highest BCUT2D eigenvalue weighted by atomic mass is 16.5. The van der Waals surface area contributed by atoms with Crippen LogP contribution < -0.4 is 10.1 Å². The van der Waals surface area contributed by atoms with Gasteiger partial charge in [-0.15, -0.1) is 0 Å². The lowest BCUT2D eigenvalue weighted by Crippen LogP contribution is -2.31. The zero-order valence-electron chi connectivity index (χ0n) is 13.0. The molecule has 1 rings (SSSR count). The third kappa shape index (κ3) is 3.95. The summed E-state index contributed by atoms with van der Waals surface area (Å²) in [5.41, 5.74) is 2.25. The summed E-state index contributed by atoms with van der Waals surface area (Å²) in [4.78, 5) is 0. The molecule has 1 aromatic carbocycles. The Morgan fingerprint density at radius 1 is 1.32 bits per heavy atom. The molecule has 1 atom stereocenters. The molecule has 0 aliphatic carbocycles. The van der Waals surface area contributed by atoms with Crippen molar-refractivity contribution in [3.8, 4) is 5.75 Å². The second-order valence-electron chi connectivity index (χ2n) is 5.72. The summed E-state index contributed by atoms with van der Waals surface area (Å²) >= 11 is 0. The van der Waals surface area contributed by atoms with Crippen molar-refractivity contribution in [1.29, 1.82) is 0 Å². The monoisotopic (exact) mass is 265 g/mol. The number of benzene rings is 1. The van der Waals surface area contributed by atoms with Gasteiger partial charge in [-0.3, -0.25) is 0 Å². The minimum absolute atomic E-state index is 0.428. The van der Waals surface area contributed by atoms with E-state index in [4.69, 9.17) is 4.74 Å². The molecule has 0 saturated carbocycles. The number of hydrogen-bond donors (Lipinski definition) is 2. The van der Waals surface area contributed by atoms with Crippen molar-refractivity contribution in [3.63, 3.8) is 0 Å². The van der Waals surface area contributed by atoms with E-state index in [0.717, 1.165) is 23.4 Å². The maximum absolute atomic E-state index is 10.7. The Morgan fingerprint density at radius 2 is 1.95 bits per heavy atom. The van der Waals surface area contributed by atoms with Crippen LogP contribution in [0.5, 0.6) is 5.75 Å². The van der Waals surface area contributed by atoms with Gasteiger partial charge in [0.15, 0.2) is 0 Å². The van der Waals surface area contributed by atoms with Crippen LogP contribution in [0.1, 0.15) is 43.9 Å². The first-order valence-electron chi connectivity index (χ1n) is 6.90. The number of rotatable bonds is 6. The van der Waals surface area contributed by atoms with Crippen molar-refractivity contribution in [2.24, 2.45) is 0 Å². The summed E-state index contributed by atoms with van der Waals surface area (Å²) in [7, 11) is 1.66. The first-order valence-corrected chi connectivity index (χ1v) is 6.90. The first-order chi connectivity index (χ1) is 8.79. The Balaban J connectivity index is 2.97. The normalized spacial score (nSPS) is 14.5. The summed E-state index contributed by atoms with van der Waals surface area (Å²) in [6.45, 7) is 10.9. The number of ether oxygens (including phenoxy) is 1. The largest absolute Gasteiger partial charge is 0.496 e. The molecule has 0 amide bonds. The highest BCUT2D eigenvalue weighted by Crippen LogP contribution is 2.35. The molecule has 1 unspecified atom stereocenters. The van der Waals surface area contributed by atoms with Gasteiger partial charge in [-0.05, 0) is 44.9 Å². The van der Waals surface area contributed by atoms with Crippen LogP contribution in [0.4, 0.5) is 0 Å². The number of nitrogens with one attached hydrogen (secondary N) is 1. The van der Waals surface area contributed by atoms with Crippen molar-refractivity contribution >= 4 is 0 Å². The lowest BCUT2D eigenvalue weighted by Gasteiger charge is -2.27. The van der Waals surface area contributed by atoms with E-state index in [1.807, 2.05) is 26.0 Å². The summed E-state index contributed by atoms with van der Waals surface area (Å²) < 4.78 is 5.49. The summed E-state index contributed by atoms with van der Waals surface area (Å²) in [6.07, 6.45) is 0.657. The van der Waals surface area contributed by atoms with E-state index in [1.54, 1.807) is 7.11 Å². The predicted octanol–water partition coefficient (Wildman–Crippen LogP) is 2.91. The van der Waals surface area contributed by atoms with Crippen LogP contribution in [0, 0.1) is 13.8 Å². The van der Waals surface area contributed by atoms with Gasteiger partial charge in [0.05, 0.1) is 12.7 Å². The molecule has 3 nitrogen and oxygen atoms in total. The van der Waals surface area contributed by atoms with Crippen molar-refractivity contribution in [2.45, 2.75) is 52.7 Å². The molecular weight excluding hydrogens is 238 g/mol. The topological polar surface area (TPSA) is 41.5 Å². The molecule has 3 heteroatoms. The second kappa shape index (κ2) is 6.40. The van der Waals surface area contributed by atoms with Crippen LogP contribution in [0.2, 0.25) is 0 Å². The van der Waals surface area contributed by atoms with E-state index in [9.17, 15) is 5.11 Å². The van der Waals surface area contributed by atoms with Gasteiger partial charge in [-0.2, -0.15) is 0 Å². The van der Waals surface area contributed by atoms with Gasteiger partial charge < -0.3 is 15.2 Å². The average Bonchev–Trinajstić information content (AvgIpc) is 2.31. The molecule has 0 aliphatic rings. The van der Waals surface area contributed by atoms with Gasteiger partial charge in [0, 0.05) is 11.6 Å². The quantitative estimate of drug-likeness (QED) is 0.831. The molecule has 2 N–H and O–H groups in total. The van der Waals surface area contributed by atoms with Gasteiger partial charge in [0.1, 0.15) is 5.75 Å². The van der Waals surface area contributed by atoms with Crippen molar-refractivity contribution in [2.75, 3.05) is 13.7 Å². The van der Waals surface area contributed by atoms with Gasteiger partial charge in [0.2, 0.25) is 0 Å². The summed E-state index contributed by atoms with van der Waals surface area (Å²) in [5, 5.41) is 14.0. The minimum atomic E-state index is -0.883. The van der Waals surface area contributed by atoms with E-state index in [2.05, 4.69) is 26.1 Å². The molecule has 0 bridgehead atoms. The highest BCUT2D eigenvalue weighted by Gasteiger charge is 2.27. The Morgan fingerprint density at radius 3 is 2.47 bits per heavy atom. The van der Waals surface area contributed by atoms with Crippen LogP contribution in [0.3, 0.4) is 0 Å². The van der Waals surface area contributed by atoms with Gasteiger partial charge in [-0.25, -0.2) is 0 Å². The Bertz CT molecular complexity index is 425. The predicted molar refractivity (Wildman–Crippen MR) is 79.8 cm³/mol. The van der Waals surface area contributed by atoms with E-state index in [0.29, 0.717) is 12.5 Å². The number of methoxy groups -OCH3 is 1. The summed E-state index contributed by atoms with van der Waals surface area (Å²) in [6, 6.07) is 4.44. The standard InChI is InChI=1S/C16H27NO2/c1-11(2)17-10-9-16(5,18)14-8-7-12(3)13(4)15(14)19-6/h7-8,11,17-18H,9-10H2,1-6H3. The fourth-order valence-electron chi connectivity index (χ4n) is 2.22. The Labute approximate surface area is 117 Å². The fourth-order valence-corrected chi connectivity index (χ4v) is 2.22. The number of aryl methyl sites for hydroxylation is 1. The van der Waals surface area contributed by atoms with E-state index in [1.165, 1.54) is 5.56 Å². The second-order valence-corrected chi connectivity index (χ2v) is 5.72. The molecule has 108 valence electrons. The Hall–Kier alpha value is -1.06. The molecule has 0 aromatic heterocycles. The SMILES string of the molecule is COc1c(C(C)(O)CCNC(C)C)ccc(C)c1C. The zero-order valence-corrected chi connectivity index (χ0v) is 13.0. The summed E-state index contributed by atoms with van der Waals surface area (Å²) in [5.74, 6) is 0.801. The minimum Gasteiger partial charge on any atom is -0.496 e. The number of hydrogen-bond acceptors (Lipinski definition) is 3. The maximum Gasteiger partial charge on any atom is 0.128 e. The van der Waals surface area contributed by atoms with Crippen molar-refractivity contribution in [3.05, 3.63) is 28.8 Å². The molecular formula is C16H27NO2. The lowest BCUT2D eigenvalue weighted by molar-refractivity contribution is 0.0449. The lowest BCUT2D eigenvalue weighted by atomic mass is 9.89. The van der Waals surface area contributed by atoms with Crippen LogP contribution in [-0.4, -0.2) is 24.8 Å². The van der Waals surface area contributed by atoms with Gasteiger partial charge >= 0.3 is 0 Å². The third-order valence-electron chi connectivity index (χ3n) is 3.63. The van der Waals surface area contributed by atoms with Crippen molar-refractivity contribution < 1.29 is 9.84 Å². The van der Waals surface area contributed by atoms with E-state index < -0.39 is 5.60 Å². The van der Waals surface area contributed by atoms with Crippen LogP contribution in [-0.2, 0) is 5.60 Å².